The Balaban J connectivity index is 1.75. The molecule has 1 atom stereocenters. The van der Waals surface area contributed by atoms with Gasteiger partial charge in [0.15, 0.2) is 11.6 Å². The molecule has 2 aliphatic rings. The van der Waals surface area contributed by atoms with Crippen molar-refractivity contribution in [3.63, 3.8) is 0 Å². The standard InChI is InChI=1S/C24H32N6O3/c1-6-18-22(31)29(5)19-14-26-20(28-21(19)30(18)15-9-7-8-10-15)16-11-12-25-13-17(16)27-23(32)33-24(2,3)4/h11-15,18H,6-10H2,1-5H3,(H,27,32)/t18-/m1/s1. The maximum Gasteiger partial charge on any atom is 0.412 e. The number of amides is 2. The topological polar surface area (TPSA) is 101 Å². The third-order valence-electron chi connectivity index (χ3n) is 6.11. The van der Waals surface area contributed by atoms with E-state index in [2.05, 4.69) is 20.2 Å². The first kappa shape index (κ1) is 22.9. The van der Waals surface area contributed by atoms with Gasteiger partial charge >= 0.3 is 6.09 Å². The van der Waals surface area contributed by atoms with Crippen LogP contribution in [0.3, 0.4) is 0 Å². The van der Waals surface area contributed by atoms with Gasteiger partial charge in [-0.2, -0.15) is 0 Å². The summed E-state index contributed by atoms with van der Waals surface area (Å²) in [6.07, 6.45) is 9.43. The van der Waals surface area contributed by atoms with Gasteiger partial charge in [-0.05, 0) is 46.1 Å². The van der Waals surface area contributed by atoms with E-state index in [4.69, 9.17) is 9.72 Å². The summed E-state index contributed by atoms with van der Waals surface area (Å²) in [5, 5.41) is 2.77. The Bertz CT molecular complexity index is 1040. The first-order chi connectivity index (χ1) is 15.7. The number of ether oxygens (including phenoxy) is 1. The molecule has 3 heterocycles. The number of carbonyl (C=O) groups excluding carboxylic acids is 2. The second-order valence-corrected chi connectivity index (χ2v) is 9.62. The molecule has 0 saturated heterocycles. The Morgan fingerprint density at radius 2 is 1.97 bits per heavy atom. The molecule has 2 aromatic rings. The first-order valence-electron chi connectivity index (χ1n) is 11.6. The number of carbonyl (C=O) groups is 2. The molecule has 0 bridgehead atoms. The number of hydrogen-bond donors (Lipinski definition) is 1. The van der Waals surface area contributed by atoms with Gasteiger partial charge < -0.3 is 14.5 Å². The Morgan fingerprint density at radius 1 is 1.24 bits per heavy atom. The number of rotatable bonds is 4. The average molecular weight is 453 g/mol. The summed E-state index contributed by atoms with van der Waals surface area (Å²) >= 11 is 0. The van der Waals surface area contributed by atoms with Crippen molar-refractivity contribution < 1.29 is 14.3 Å². The fourth-order valence-corrected chi connectivity index (χ4v) is 4.62. The highest BCUT2D eigenvalue weighted by atomic mass is 16.6. The van der Waals surface area contributed by atoms with Crippen molar-refractivity contribution in [3.8, 4) is 11.4 Å². The van der Waals surface area contributed by atoms with Crippen molar-refractivity contribution in [2.75, 3.05) is 22.2 Å². The molecule has 2 amide bonds. The number of hydrogen-bond acceptors (Lipinski definition) is 7. The summed E-state index contributed by atoms with van der Waals surface area (Å²) in [4.78, 5) is 43.0. The molecular formula is C24H32N6O3. The molecule has 1 fully saturated rings. The van der Waals surface area contributed by atoms with Crippen molar-refractivity contribution in [3.05, 3.63) is 24.7 Å². The second-order valence-electron chi connectivity index (χ2n) is 9.62. The number of anilines is 3. The number of likely N-dealkylation sites (N-methyl/N-ethyl adjacent to an activating group) is 1. The molecule has 1 aliphatic carbocycles. The summed E-state index contributed by atoms with van der Waals surface area (Å²) in [6, 6.07) is 1.81. The van der Waals surface area contributed by atoms with Crippen molar-refractivity contribution in [1.29, 1.82) is 0 Å². The molecule has 33 heavy (non-hydrogen) atoms. The highest BCUT2D eigenvalue weighted by molar-refractivity contribution is 6.04. The molecule has 9 nitrogen and oxygen atoms in total. The van der Waals surface area contributed by atoms with E-state index in [0.29, 0.717) is 29.2 Å². The average Bonchev–Trinajstić information content (AvgIpc) is 3.29. The third-order valence-corrected chi connectivity index (χ3v) is 6.11. The van der Waals surface area contributed by atoms with E-state index < -0.39 is 11.7 Å². The molecule has 176 valence electrons. The van der Waals surface area contributed by atoms with Crippen LogP contribution in [0.4, 0.5) is 22.0 Å². The van der Waals surface area contributed by atoms with Gasteiger partial charge in [-0.3, -0.25) is 15.1 Å². The zero-order chi connectivity index (χ0) is 23.8. The number of nitrogens with zero attached hydrogens (tertiary/aromatic N) is 5. The summed E-state index contributed by atoms with van der Waals surface area (Å²) in [7, 11) is 1.78. The Kier molecular flexibility index (Phi) is 6.23. The van der Waals surface area contributed by atoms with E-state index in [0.717, 1.165) is 31.5 Å². The SMILES string of the molecule is CC[C@@H]1C(=O)N(C)c2cnc(-c3ccncc3NC(=O)OC(C)(C)C)nc2N1C1CCCC1. The van der Waals surface area contributed by atoms with Crippen molar-refractivity contribution in [2.45, 2.75) is 77.5 Å². The molecule has 0 unspecified atom stereocenters. The van der Waals surface area contributed by atoms with Crippen molar-refractivity contribution in [2.24, 2.45) is 0 Å². The zero-order valence-corrected chi connectivity index (χ0v) is 20.0. The molecule has 0 spiro atoms. The van der Waals surface area contributed by atoms with Gasteiger partial charge in [0.2, 0.25) is 5.91 Å². The van der Waals surface area contributed by atoms with Crippen LogP contribution >= 0.6 is 0 Å². The van der Waals surface area contributed by atoms with Gasteiger partial charge in [0.05, 0.1) is 18.1 Å². The minimum Gasteiger partial charge on any atom is -0.444 e. The van der Waals surface area contributed by atoms with Crippen molar-refractivity contribution in [1.82, 2.24) is 15.0 Å². The molecule has 1 aliphatic heterocycles. The van der Waals surface area contributed by atoms with Gasteiger partial charge in [-0.15, -0.1) is 0 Å². The third kappa shape index (κ3) is 4.62. The van der Waals surface area contributed by atoms with E-state index in [1.165, 1.54) is 0 Å². The van der Waals surface area contributed by atoms with E-state index >= 15 is 0 Å². The lowest BCUT2D eigenvalue weighted by Gasteiger charge is -2.43. The maximum atomic E-state index is 13.1. The lowest BCUT2D eigenvalue weighted by molar-refractivity contribution is -0.120. The van der Waals surface area contributed by atoms with Crippen LogP contribution in [0.25, 0.3) is 11.4 Å². The van der Waals surface area contributed by atoms with Crippen LogP contribution in [0.1, 0.15) is 59.8 Å². The molecule has 9 heteroatoms. The minimum atomic E-state index is -0.622. The molecule has 0 radical (unpaired) electrons. The lowest BCUT2D eigenvalue weighted by atomic mass is 10.0. The van der Waals surface area contributed by atoms with E-state index in [-0.39, 0.29) is 18.0 Å². The number of pyridine rings is 1. The van der Waals surface area contributed by atoms with Gasteiger partial charge in [0, 0.05) is 24.8 Å². The van der Waals surface area contributed by atoms with Crippen LogP contribution in [0.5, 0.6) is 0 Å². The highest BCUT2D eigenvalue weighted by Crippen LogP contribution is 2.40. The summed E-state index contributed by atoms with van der Waals surface area (Å²) < 4.78 is 5.39. The Morgan fingerprint density at radius 3 is 2.64 bits per heavy atom. The lowest BCUT2D eigenvalue weighted by Crippen LogP contribution is -2.55. The molecule has 0 aromatic carbocycles. The number of aromatic nitrogens is 3. The molecule has 1 N–H and O–H groups in total. The normalized spacial score (nSPS) is 18.9. The predicted molar refractivity (Wildman–Crippen MR) is 127 cm³/mol. The van der Waals surface area contributed by atoms with Crippen molar-refractivity contribution >= 4 is 29.2 Å². The van der Waals surface area contributed by atoms with Crippen LogP contribution in [0, 0.1) is 0 Å². The number of nitrogens with one attached hydrogen (secondary N) is 1. The maximum absolute atomic E-state index is 13.1. The zero-order valence-electron chi connectivity index (χ0n) is 20.0. The summed E-state index contributed by atoms with van der Waals surface area (Å²) in [5.41, 5.74) is 1.18. The van der Waals surface area contributed by atoms with Crippen LogP contribution in [-0.4, -0.2) is 51.7 Å². The molecular weight excluding hydrogens is 420 g/mol. The summed E-state index contributed by atoms with van der Waals surface area (Å²) in [5.74, 6) is 1.30. The van der Waals surface area contributed by atoms with E-state index in [9.17, 15) is 9.59 Å². The molecule has 1 saturated carbocycles. The van der Waals surface area contributed by atoms with Gasteiger partial charge in [0.1, 0.15) is 17.3 Å². The Labute approximate surface area is 194 Å². The Hall–Kier alpha value is -3.23. The van der Waals surface area contributed by atoms with Gasteiger partial charge in [0.25, 0.3) is 0 Å². The van der Waals surface area contributed by atoms with E-state index in [1.807, 2.05) is 27.7 Å². The van der Waals surface area contributed by atoms with Crippen LogP contribution in [0.2, 0.25) is 0 Å². The van der Waals surface area contributed by atoms with E-state index in [1.54, 1.807) is 36.6 Å². The fraction of sp³-hybridized carbons (Fsp3) is 0.542. The van der Waals surface area contributed by atoms with Crippen LogP contribution < -0.4 is 15.1 Å². The number of fused-ring (bicyclic) bond motifs is 1. The summed E-state index contributed by atoms with van der Waals surface area (Å²) in [6.45, 7) is 7.46. The quantitative estimate of drug-likeness (QED) is 0.734. The highest BCUT2D eigenvalue weighted by Gasteiger charge is 2.41. The predicted octanol–water partition coefficient (Wildman–Crippen LogP) is 4.39. The van der Waals surface area contributed by atoms with Crippen LogP contribution in [0.15, 0.2) is 24.7 Å². The van der Waals surface area contributed by atoms with Gasteiger partial charge in [-0.25, -0.2) is 14.8 Å². The molecule has 4 rings (SSSR count). The minimum absolute atomic E-state index is 0.0736. The monoisotopic (exact) mass is 452 g/mol. The largest absolute Gasteiger partial charge is 0.444 e. The van der Waals surface area contributed by atoms with Gasteiger partial charge in [-0.1, -0.05) is 19.8 Å². The second kappa shape index (κ2) is 8.96. The van der Waals surface area contributed by atoms with Crippen LogP contribution in [-0.2, 0) is 9.53 Å². The smallest absolute Gasteiger partial charge is 0.412 e. The first-order valence-corrected chi connectivity index (χ1v) is 11.6. The fourth-order valence-electron chi connectivity index (χ4n) is 4.62. The molecule has 2 aromatic heterocycles.